The first-order valence-electron chi connectivity index (χ1n) is 7.66. The highest BCUT2D eigenvalue weighted by Crippen LogP contribution is 2.39. The van der Waals surface area contributed by atoms with E-state index < -0.39 is 0 Å². The number of nitrogens with zero attached hydrogens (tertiary/aromatic N) is 1. The Morgan fingerprint density at radius 1 is 1.00 bits per heavy atom. The summed E-state index contributed by atoms with van der Waals surface area (Å²) in [4.78, 5) is 0. The van der Waals surface area contributed by atoms with Gasteiger partial charge in [-0.3, -0.25) is 0 Å². The summed E-state index contributed by atoms with van der Waals surface area (Å²) in [6.07, 6.45) is 8.83. The number of fused-ring (bicyclic) bond motifs is 1. The van der Waals surface area contributed by atoms with Crippen molar-refractivity contribution in [3.8, 4) is 0 Å². The minimum absolute atomic E-state index is 0.938. The van der Waals surface area contributed by atoms with Crippen LogP contribution >= 0.6 is 0 Å². The van der Waals surface area contributed by atoms with Crippen molar-refractivity contribution in [2.75, 3.05) is 13.6 Å². The van der Waals surface area contributed by atoms with Gasteiger partial charge in [0.1, 0.15) is 6.54 Å². The molecule has 3 rings (SSSR count). The molecule has 1 saturated heterocycles. The Balaban J connectivity index is 1.79. The second kappa shape index (κ2) is 5.05. The lowest BCUT2D eigenvalue weighted by Gasteiger charge is -2.50. The van der Waals surface area contributed by atoms with Crippen molar-refractivity contribution < 1.29 is 4.48 Å². The molecule has 0 N–H and O–H groups in total. The van der Waals surface area contributed by atoms with E-state index >= 15 is 0 Å². The summed E-state index contributed by atoms with van der Waals surface area (Å²) >= 11 is 0. The largest absolute Gasteiger partial charge is 0.320 e. The molecule has 2 fully saturated rings. The lowest BCUT2D eigenvalue weighted by Crippen LogP contribution is -2.58. The molecule has 1 aliphatic heterocycles. The van der Waals surface area contributed by atoms with Crippen molar-refractivity contribution in [2.24, 2.45) is 5.92 Å². The number of hydrogen-bond acceptors (Lipinski definition) is 0. The average Bonchev–Trinajstić information content (AvgIpc) is 2.40. The van der Waals surface area contributed by atoms with Gasteiger partial charge in [0, 0.05) is 11.5 Å². The molecule has 0 bridgehead atoms. The predicted molar refractivity (Wildman–Crippen MR) is 76.2 cm³/mol. The van der Waals surface area contributed by atoms with Crippen LogP contribution in [0.2, 0.25) is 0 Å². The number of rotatable bonds is 2. The lowest BCUT2D eigenvalue weighted by atomic mass is 9.77. The highest BCUT2D eigenvalue weighted by molar-refractivity contribution is 5.13. The standard InChI is InChI=1S/C17H26N/c1-18(14-15-8-3-2-4-9-15)13-7-11-16-10-5-6-12-17(16)18/h2-4,8-9,16-17H,5-7,10-14H2,1H3/q+1. The molecular weight excluding hydrogens is 218 g/mol. The van der Waals surface area contributed by atoms with Crippen LogP contribution in [0.1, 0.15) is 44.1 Å². The molecule has 2 aliphatic rings. The molecule has 1 aromatic carbocycles. The molecule has 1 saturated carbocycles. The van der Waals surface area contributed by atoms with Crippen LogP contribution in [-0.4, -0.2) is 24.1 Å². The topological polar surface area (TPSA) is 0 Å². The van der Waals surface area contributed by atoms with Crippen molar-refractivity contribution in [1.82, 2.24) is 0 Å². The average molecular weight is 244 g/mol. The van der Waals surface area contributed by atoms with Gasteiger partial charge in [-0.05, 0) is 32.1 Å². The van der Waals surface area contributed by atoms with Crippen molar-refractivity contribution in [2.45, 2.75) is 51.1 Å². The number of piperidine rings is 1. The second-order valence-electron chi connectivity index (χ2n) is 6.60. The molecular formula is C17H26N+. The molecule has 1 heterocycles. The molecule has 0 aromatic heterocycles. The van der Waals surface area contributed by atoms with Crippen LogP contribution in [0.25, 0.3) is 0 Å². The Kier molecular flexibility index (Phi) is 3.43. The Morgan fingerprint density at radius 3 is 2.56 bits per heavy atom. The van der Waals surface area contributed by atoms with Crippen LogP contribution in [0, 0.1) is 5.92 Å². The number of quaternary nitrogens is 1. The molecule has 3 unspecified atom stereocenters. The van der Waals surface area contributed by atoms with Gasteiger partial charge >= 0.3 is 0 Å². The fourth-order valence-electron chi connectivity index (χ4n) is 4.42. The van der Waals surface area contributed by atoms with Gasteiger partial charge in [-0.2, -0.15) is 0 Å². The SMILES string of the molecule is C[N+]1(Cc2ccccc2)CCCC2CCCCC21. The smallest absolute Gasteiger partial charge is 0.104 e. The fourth-order valence-corrected chi connectivity index (χ4v) is 4.42. The zero-order valence-electron chi connectivity index (χ0n) is 11.6. The van der Waals surface area contributed by atoms with E-state index in [1.165, 1.54) is 61.7 Å². The second-order valence-corrected chi connectivity index (χ2v) is 6.60. The van der Waals surface area contributed by atoms with Gasteiger partial charge in [0.15, 0.2) is 0 Å². The van der Waals surface area contributed by atoms with Gasteiger partial charge in [-0.25, -0.2) is 0 Å². The zero-order valence-corrected chi connectivity index (χ0v) is 11.6. The van der Waals surface area contributed by atoms with E-state index in [1.807, 2.05) is 0 Å². The normalized spacial score (nSPS) is 36.1. The molecule has 18 heavy (non-hydrogen) atoms. The highest BCUT2D eigenvalue weighted by atomic mass is 15.4. The third-order valence-electron chi connectivity index (χ3n) is 5.30. The first kappa shape index (κ1) is 12.2. The number of likely N-dealkylation sites (tertiary alicyclic amines) is 1. The molecule has 1 heteroatoms. The van der Waals surface area contributed by atoms with Crippen LogP contribution in [0.4, 0.5) is 0 Å². The summed E-state index contributed by atoms with van der Waals surface area (Å²) in [7, 11) is 2.51. The van der Waals surface area contributed by atoms with Gasteiger partial charge in [0.2, 0.25) is 0 Å². The summed E-state index contributed by atoms with van der Waals surface area (Å²) in [5, 5.41) is 0. The fraction of sp³-hybridized carbons (Fsp3) is 0.647. The highest BCUT2D eigenvalue weighted by Gasteiger charge is 2.42. The molecule has 98 valence electrons. The molecule has 1 nitrogen and oxygen atoms in total. The number of hydrogen-bond donors (Lipinski definition) is 0. The van der Waals surface area contributed by atoms with Gasteiger partial charge in [0.25, 0.3) is 0 Å². The summed E-state index contributed by atoms with van der Waals surface area (Å²) in [5.41, 5.74) is 1.52. The van der Waals surface area contributed by atoms with E-state index in [-0.39, 0.29) is 0 Å². The van der Waals surface area contributed by atoms with Crippen molar-refractivity contribution in [1.29, 1.82) is 0 Å². The first-order valence-corrected chi connectivity index (χ1v) is 7.66. The van der Waals surface area contributed by atoms with E-state index in [9.17, 15) is 0 Å². The maximum atomic E-state index is 2.51. The molecule has 0 radical (unpaired) electrons. The maximum Gasteiger partial charge on any atom is 0.104 e. The van der Waals surface area contributed by atoms with Gasteiger partial charge in [-0.15, -0.1) is 0 Å². The first-order chi connectivity index (χ1) is 8.78. The predicted octanol–water partition coefficient (Wildman–Crippen LogP) is 3.99. The zero-order chi connectivity index (χ0) is 12.4. The molecule has 3 atom stereocenters. The summed E-state index contributed by atoms with van der Waals surface area (Å²) in [6.45, 7) is 2.62. The van der Waals surface area contributed by atoms with E-state index in [4.69, 9.17) is 0 Å². The van der Waals surface area contributed by atoms with Gasteiger partial charge in [-0.1, -0.05) is 36.8 Å². The van der Waals surface area contributed by atoms with Crippen LogP contribution in [-0.2, 0) is 6.54 Å². The number of benzene rings is 1. The van der Waals surface area contributed by atoms with E-state index in [0.717, 1.165) is 12.0 Å². The quantitative estimate of drug-likeness (QED) is 0.690. The van der Waals surface area contributed by atoms with Crippen LogP contribution in [0.3, 0.4) is 0 Å². The van der Waals surface area contributed by atoms with E-state index in [2.05, 4.69) is 37.4 Å². The van der Waals surface area contributed by atoms with Crippen LogP contribution < -0.4 is 0 Å². The molecule has 1 aromatic rings. The third-order valence-corrected chi connectivity index (χ3v) is 5.30. The Labute approximate surface area is 111 Å². The minimum atomic E-state index is 0.938. The minimum Gasteiger partial charge on any atom is -0.320 e. The lowest BCUT2D eigenvalue weighted by molar-refractivity contribution is -0.955. The molecule has 0 spiro atoms. The maximum absolute atomic E-state index is 2.51. The molecule has 1 aliphatic carbocycles. The van der Waals surface area contributed by atoms with Crippen molar-refractivity contribution >= 4 is 0 Å². The van der Waals surface area contributed by atoms with Crippen LogP contribution in [0.15, 0.2) is 30.3 Å². The van der Waals surface area contributed by atoms with Crippen molar-refractivity contribution in [3.05, 3.63) is 35.9 Å². The summed E-state index contributed by atoms with van der Waals surface area (Å²) in [6, 6.07) is 12.0. The summed E-state index contributed by atoms with van der Waals surface area (Å²) < 4.78 is 1.30. The van der Waals surface area contributed by atoms with Crippen LogP contribution in [0.5, 0.6) is 0 Å². The van der Waals surface area contributed by atoms with E-state index in [0.29, 0.717) is 0 Å². The Bertz CT molecular complexity index is 384. The van der Waals surface area contributed by atoms with Gasteiger partial charge in [0.05, 0.1) is 19.6 Å². The summed E-state index contributed by atoms with van der Waals surface area (Å²) in [5.74, 6) is 1.02. The third kappa shape index (κ3) is 2.33. The monoisotopic (exact) mass is 244 g/mol. The molecule has 0 amide bonds. The van der Waals surface area contributed by atoms with Gasteiger partial charge < -0.3 is 4.48 Å². The Morgan fingerprint density at radius 2 is 1.72 bits per heavy atom. The Hall–Kier alpha value is -0.820. The van der Waals surface area contributed by atoms with E-state index in [1.54, 1.807) is 0 Å². The van der Waals surface area contributed by atoms with Crippen molar-refractivity contribution in [3.63, 3.8) is 0 Å².